The van der Waals surface area contributed by atoms with E-state index in [1.807, 2.05) is 35.6 Å². The minimum Gasteiger partial charge on any atom is -0.456 e. The first-order chi connectivity index (χ1) is 45.6. The van der Waals surface area contributed by atoms with E-state index < -0.39 is 0 Å². The van der Waals surface area contributed by atoms with Crippen molar-refractivity contribution in [3.05, 3.63) is 291 Å². The van der Waals surface area contributed by atoms with Crippen LogP contribution in [0.15, 0.2) is 294 Å². The van der Waals surface area contributed by atoms with Gasteiger partial charge in [0, 0.05) is 103 Å². The van der Waals surface area contributed by atoms with Crippen molar-refractivity contribution in [2.24, 2.45) is 0 Å². The Morgan fingerprint density at radius 3 is 1.29 bits per heavy atom. The molecule has 7 nitrogen and oxygen atoms in total. The molecule has 0 spiro atoms. The van der Waals surface area contributed by atoms with Crippen molar-refractivity contribution in [3.8, 4) is 67.9 Å². The predicted octanol–water partition coefficient (Wildman–Crippen LogP) is 23.1. The Hall–Kier alpha value is -12.3. The summed E-state index contributed by atoms with van der Waals surface area (Å²) in [5.41, 5.74) is 17.7. The summed E-state index contributed by atoms with van der Waals surface area (Å²) in [5, 5.41) is 26.2. The zero-order valence-corrected chi connectivity index (χ0v) is 49.9. The summed E-state index contributed by atoms with van der Waals surface area (Å²) >= 11 is 1.83. The van der Waals surface area contributed by atoms with E-state index in [4.69, 9.17) is 13.8 Å². The molecule has 0 saturated carbocycles. The normalized spacial score (nSPS) is 12.1. The largest absolute Gasteiger partial charge is 0.456 e. The highest BCUT2D eigenvalue weighted by Crippen LogP contribution is 2.54. The average molecular weight is 1190 g/mol. The van der Waals surface area contributed by atoms with Gasteiger partial charge in [0.1, 0.15) is 40.0 Å². The molecule has 0 amide bonds. The molecule has 20 rings (SSSR count). The molecule has 13 aromatic carbocycles. The summed E-state index contributed by atoms with van der Waals surface area (Å²) in [6.45, 7) is 0. The first-order valence-corrected chi connectivity index (χ1v) is 31.8. The molecular weight excluding hydrogens is 1140 g/mol. The highest BCUT2D eigenvalue weighted by Gasteiger charge is 2.33. The number of furan rings is 2. The summed E-state index contributed by atoms with van der Waals surface area (Å²) in [4.78, 5) is 5.97. The van der Waals surface area contributed by atoms with E-state index in [0.29, 0.717) is 17.2 Å². The molecule has 0 saturated heterocycles. The monoisotopic (exact) mass is 1190 g/mol. The summed E-state index contributed by atoms with van der Waals surface area (Å²) in [6.07, 6.45) is 0. The molecule has 0 atom stereocenters. The van der Waals surface area contributed by atoms with E-state index in [9.17, 15) is 5.26 Å². The fourth-order valence-electron chi connectivity index (χ4n) is 15.3. The molecule has 426 valence electrons. The second kappa shape index (κ2) is 19.4. The van der Waals surface area contributed by atoms with Gasteiger partial charge in [-0.3, -0.25) is 9.13 Å². The molecule has 20 aromatic rings. The molecule has 0 bridgehead atoms. The molecule has 0 fully saturated rings. The van der Waals surface area contributed by atoms with Gasteiger partial charge in [0.2, 0.25) is 0 Å². The molecule has 0 radical (unpaired) electrons. The van der Waals surface area contributed by atoms with Crippen molar-refractivity contribution in [1.29, 1.82) is 5.26 Å². The fourth-order valence-corrected chi connectivity index (χ4v) is 16.5. The molecule has 8 heteroatoms. The summed E-state index contributed by atoms with van der Waals surface area (Å²) in [6, 6.07) is 104. The molecule has 0 aliphatic heterocycles. The Bertz CT molecular complexity index is 6370. The molecule has 0 unspecified atom stereocenters. The van der Waals surface area contributed by atoms with Gasteiger partial charge in [0.15, 0.2) is 0 Å². The van der Waals surface area contributed by atoms with E-state index in [2.05, 4.69) is 281 Å². The molecule has 0 aliphatic carbocycles. The van der Waals surface area contributed by atoms with Crippen molar-refractivity contribution >= 4 is 141 Å². The van der Waals surface area contributed by atoms with Crippen molar-refractivity contribution < 1.29 is 8.83 Å². The van der Waals surface area contributed by atoms with Crippen LogP contribution in [0.25, 0.3) is 191 Å². The van der Waals surface area contributed by atoms with Crippen molar-refractivity contribution in [2.75, 3.05) is 0 Å². The molecule has 92 heavy (non-hydrogen) atoms. The lowest BCUT2D eigenvalue weighted by Gasteiger charge is -2.27. The summed E-state index contributed by atoms with van der Waals surface area (Å²) in [7, 11) is 0. The van der Waals surface area contributed by atoms with Crippen molar-refractivity contribution in [2.45, 2.75) is 0 Å². The number of thiophene rings is 1. The minimum absolute atomic E-state index is 0.516. The second-order valence-corrected chi connectivity index (χ2v) is 25.0. The van der Waals surface area contributed by atoms with Gasteiger partial charge in [-0.25, -0.2) is 4.98 Å². The number of nitriles is 1. The van der Waals surface area contributed by atoms with Crippen molar-refractivity contribution in [1.82, 2.24) is 18.7 Å². The van der Waals surface area contributed by atoms with Crippen LogP contribution in [0.4, 0.5) is 0 Å². The van der Waals surface area contributed by atoms with Crippen LogP contribution >= 0.6 is 11.3 Å². The SMILES string of the molecule is N#Cc1c(-c2cc(-n3c4ccccc4c4cc5c(cc43)oc3ccccc35)nc(-n3c4ccccc4c4cc5c(cc43)oc3ccccc35)c2)c(-c2ccccc2)c(-c2ccccc2)c(-c2ccccc2)c1-n1c2ccccc2c2c3sc4ccccc4c3ccc21. The number of pyridine rings is 1. The molecular formula is C84H47N5O2S. The van der Waals surface area contributed by atoms with E-state index in [-0.39, 0.29) is 0 Å². The van der Waals surface area contributed by atoms with Crippen LogP contribution in [0, 0.1) is 11.3 Å². The van der Waals surface area contributed by atoms with E-state index in [1.165, 1.54) is 20.2 Å². The zero-order valence-electron chi connectivity index (χ0n) is 49.1. The molecule has 0 N–H and O–H groups in total. The Kier molecular flexibility index (Phi) is 10.7. The van der Waals surface area contributed by atoms with E-state index in [0.717, 1.165) is 159 Å². The number of hydrogen-bond donors (Lipinski definition) is 0. The van der Waals surface area contributed by atoms with Gasteiger partial charge in [0.25, 0.3) is 0 Å². The third kappa shape index (κ3) is 7.16. The van der Waals surface area contributed by atoms with Crippen LogP contribution in [0.2, 0.25) is 0 Å². The Labute approximate surface area is 528 Å². The number of benzene rings is 13. The smallest absolute Gasteiger partial charge is 0.140 e. The lowest BCUT2D eigenvalue weighted by molar-refractivity contribution is 0.669. The van der Waals surface area contributed by atoms with Crippen LogP contribution < -0.4 is 0 Å². The number of para-hydroxylation sites is 5. The van der Waals surface area contributed by atoms with E-state index in [1.54, 1.807) is 0 Å². The van der Waals surface area contributed by atoms with Gasteiger partial charge in [-0.15, -0.1) is 11.3 Å². The number of rotatable bonds is 7. The van der Waals surface area contributed by atoms with Gasteiger partial charge in [-0.05, 0) is 94.5 Å². The van der Waals surface area contributed by atoms with Crippen LogP contribution in [-0.2, 0) is 0 Å². The summed E-state index contributed by atoms with van der Waals surface area (Å²) in [5.74, 6) is 1.33. The number of aromatic nitrogens is 4. The van der Waals surface area contributed by atoms with Gasteiger partial charge in [-0.1, -0.05) is 206 Å². The lowest BCUT2D eigenvalue weighted by atomic mass is 9.79. The Morgan fingerprint density at radius 1 is 0.304 bits per heavy atom. The minimum atomic E-state index is 0.516. The van der Waals surface area contributed by atoms with Gasteiger partial charge < -0.3 is 13.4 Å². The highest BCUT2D eigenvalue weighted by molar-refractivity contribution is 7.26. The fraction of sp³-hybridized carbons (Fsp3) is 0. The number of nitrogens with zero attached hydrogens (tertiary/aromatic N) is 5. The lowest BCUT2D eigenvalue weighted by Crippen LogP contribution is -2.09. The van der Waals surface area contributed by atoms with Gasteiger partial charge in [-0.2, -0.15) is 5.26 Å². The highest BCUT2D eigenvalue weighted by atomic mass is 32.1. The van der Waals surface area contributed by atoms with E-state index >= 15 is 0 Å². The van der Waals surface area contributed by atoms with Crippen LogP contribution in [-0.4, -0.2) is 18.7 Å². The third-order valence-electron chi connectivity index (χ3n) is 19.1. The zero-order chi connectivity index (χ0) is 60.3. The Balaban J connectivity index is 0.998. The van der Waals surface area contributed by atoms with Gasteiger partial charge >= 0.3 is 0 Å². The molecule has 7 aromatic heterocycles. The Morgan fingerprint density at radius 2 is 0.750 bits per heavy atom. The first-order valence-electron chi connectivity index (χ1n) is 31.0. The predicted molar refractivity (Wildman–Crippen MR) is 381 cm³/mol. The summed E-state index contributed by atoms with van der Waals surface area (Å²) < 4.78 is 22.9. The quantitative estimate of drug-likeness (QED) is 0.159. The molecule has 7 heterocycles. The van der Waals surface area contributed by atoms with Crippen LogP contribution in [0.3, 0.4) is 0 Å². The topological polar surface area (TPSA) is 77.8 Å². The average Bonchev–Trinajstić information content (AvgIpc) is 1.35. The second-order valence-electron chi connectivity index (χ2n) is 23.9. The maximum atomic E-state index is 13.0. The van der Waals surface area contributed by atoms with Gasteiger partial charge in [0.05, 0.1) is 44.4 Å². The third-order valence-corrected chi connectivity index (χ3v) is 20.3. The standard InChI is InChI=1S/C84H47N5O2S/c85-48-64-78(79(49-22-4-1-5-23-49)80(50-24-6-2-7-25-50)81(51-26-8-3-9-27-51)83(64)89-67-36-18-12-33-59(67)82-68(89)41-40-58-57-32-15-21-39-75(57)92-84(58)82)52-42-76(87-65-34-16-10-28-53(65)60-44-62-55-30-13-19-37-71(55)90-73(62)46-69(60)87)86-77(43-52)88-66-35-17-11-29-54(66)61-45-63-56-31-14-20-38-72(56)91-74(63)47-70(61)88/h1-47H. The maximum Gasteiger partial charge on any atom is 0.140 e. The number of hydrogen-bond acceptors (Lipinski definition) is 5. The van der Waals surface area contributed by atoms with Crippen LogP contribution in [0.1, 0.15) is 5.56 Å². The molecule has 0 aliphatic rings. The maximum absolute atomic E-state index is 13.0. The van der Waals surface area contributed by atoms with Crippen LogP contribution in [0.5, 0.6) is 0 Å². The number of fused-ring (bicyclic) bond motifs is 19. The first kappa shape index (κ1) is 50.7. The van der Waals surface area contributed by atoms with Crippen molar-refractivity contribution in [3.63, 3.8) is 0 Å².